The van der Waals surface area contributed by atoms with Gasteiger partial charge in [0.05, 0.1) is 25.5 Å². The largest absolute Gasteiger partial charge is 0.496 e. The van der Waals surface area contributed by atoms with Gasteiger partial charge in [0, 0.05) is 0 Å². The lowest BCUT2D eigenvalue weighted by Gasteiger charge is -2.03. The molecule has 2 heterocycles. The van der Waals surface area contributed by atoms with Gasteiger partial charge < -0.3 is 18.9 Å². The van der Waals surface area contributed by atoms with E-state index in [1.54, 1.807) is 31.4 Å². The minimum Gasteiger partial charge on any atom is -0.496 e. The maximum atomic E-state index is 12.0. The van der Waals surface area contributed by atoms with Crippen molar-refractivity contribution in [3.8, 4) is 17.2 Å². The van der Waals surface area contributed by atoms with Crippen LogP contribution in [0.2, 0.25) is 0 Å². The lowest BCUT2D eigenvalue weighted by Crippen LogP contribution is -2.22. The van der Waals surface area contributed by atoms with Gasteiger partial charge in [-0.1, -0.05) is 12.1 Å². The fourth-order valence-electron chi connectivity index (χ4n) is 1.90. The van der Waals surface area contributed by atoms with E-state index in [9.17, 15) is 4.79 Å². The molecule has 22 heavy (non-hydrogen) atoms. The zero-order chi connectivity index (χ0) is 15.4. The van der Waals surface area contributed by atoms with Crippen LogP contribution >= 0.6 is 0 Å². The van der Waals surface area contributed by atoms with Gasteiger partial charge >= 0.3 is 11.8 Å². The Morgan fingerprint density at radius 2 is 2.09 bits per heavy atom. The van der Waals surface area contributed by atoms with Crippen LogP contribution in [0.5, 0.6) is 5.75 Å². The molecule has 7 heteroatoms. The standard InChI is InChI=1S/C15H13N3O4/c1-20-12-7-3-2-6-11(12)14-17-18-15(22-14)13(19)16-9-10-5-4-8-21-10/h2-8H,9H2,1H3,(H,16,19). The Morgan fingerprint density at radius 3 is 2.86 bits per heavy atom. The average Bonchev–Trinajstić information content (AvgIpc) is 3.24. The van der Waals surface area contributed by atoms with Crippen molar-refractivity contribution in [1.29, 1.82) is 0 Å². The first-order valence-electron chi connectivity index (χ1n) is 6.55. The molecule has 0 radical (unpaired) electrons. The predicted octanol–water partition coefficient (Wildman–Crippen LogP) is 2.27. The van der Waals surface area contributed by atoms with Gasteiger partial charge in [-0.25, -0.2) is 0 Å². The van der Waals surface area contributed by atoms with Gasteiger partial charge in [0.15, 0.2) is 0 Å². The van der Waals surface area contributed by atoms with Crippen LogP contribution < -0.4 is 10.1 Å². The number of amides is 1. The molecule has 3 rings (SSSR count). The van der Waals surface area contributed by atoms with Crippen molar-refractivity contribution in [3.63, 3.8) is 0 Å². The number of carbonyl (C=O) groups is 1. The fraction of sp³-hybridized carbons (Fsp3) is 0.133. The molecule has 0 aliphatic heterocycles. The van der Waals surface area contributed by atoms with Crippen LogP contribution in [0.15, 0.2) is 51.5 Å². The summed E-state index contributed by atoms with van der Waals surface area (Å²) < 4.78 is 15.8. The lowest BCUT2D eigenvalue weighted by molar-refractivity contribution is 0.0914. The molecule has 3 aromatic rings. The van der Waals surface area contributed by atoms with Gasteiger partial charge in [-0.05, 0) is 24.3 Å². The van der Waals surface area contributed by atoms with Crippen molar-refractivity contribution in [2.45, 2.75) is 6.54 Å². The summed E-state index contributed by atoms with van der Waals surface area (Å²) in [6.07, 6.45) is 1.54. The van der Waals surface area contributed by atoms with E-state index in [1.807, 2.05) is 12.1 Å². The molecule has 0 saturated heterocycles. The van der Waals surface area contributed by atoms with Gasteiger partial charge in [-0.15, -0.1) is 10.2 Å². The molecule has 1 N–H and O–H groups in total. The van der Waals surface area contributed by atoms with Gasteiger partial charge in [0.25, 0.3) is 5.89 Å². The van der Waals surface area contributed by atoms with Crippen LogP contribution in [0.3, 0.4) is 0 Å². The first kappa shape index (κ1) is 13.9. The quantitative estimate of drug-likeness (QED) is 0.777. The normalized spacial score (nSPS) is 10.4. The highest BCUT2D eigenvalue weighted by Gasteiger charge is 2.17. The van der Waals surface area contributed by atoms with Crippen LogP contribution in [0.25, 0.3) is 11.5 Å². The number of aromatic nitrogens is 2. The van der Waals surface area contributed by atoms with E-state index in [1.165, 1.54) is 6.26 Å². The Hall–Kier alpha value is -3.09. The smallest absolute Gasteiger partial charge is 0.309 e. The maximum Gasteiger partial charge on any atom is 0.309 e. The number of hydrogen-bond acceptors (Lipinski definition) is 6. The van der Waals surface area contributed by atoms with Gasteiger partial charge in [0.1, 0.15) is 11.5 Å². The third-order valence-electron chi connectivity index (χ3n) is 2.96. The third-order valence-corrected chi connectivity index (χ3v) is 2.96. The molecule has 0 aliphatic carbocycles. The maximum absolute atomic E-state index is 12.0. The number of nitrogens with one attached hydrogen (secondary N) is 1. The fourth-order valence-corrected chi connectivity index (χ4v) is 1.90. The van der Waals surface area contributed by atoms with Crippen LogP contribution in [-0.2, 0) is 6.54 Å². The van der Waals surface area contributed by atoms with Crippen molar-refractivity contribution in [1.82, 2.24) is 15.5 Å². The van der Waals surface area contributed by atoms with Crippen molar-refractivity contribution >= 4 is 5.91 Å². The Balaban J connectivity index is 1.74. The zero-order valence-electron chi connectivity index (χ0n) is 11.8. The van der Waals surface area contributed by atoms with Gasteiger partial charge in [-0.2, -0.15) is 0 Å². The number of furan rings is 1. The molecule has 0 aliphatic rings. The highest BCUT2D eigenvalue weighted by Crippen LogP contribution is 2.28. The number of methoxy groups -OCH3 is 1. The lowest BCUT2D eigenvalue weighted by atomic mass is 10.2. The van der Waals surface area contributed by atoms with E-state index in [2.05, 4.69) is 15.5 Å². The van der Waals surface area contributed by atoms with Crippen LogP contribution in [-0.4, -0.2) is 23.2 Å². The first-order valence-corrected chi connectivity index (χ1v) is 6.55. The second-order valence-electron chi connectivity index (χ2n) is 4.37. The molecule has 0 atom stereocenters. The summed E-state index contributed by atoms with van der Waals surface area (Å²) in [6, 6.07) is 10.7. The number of hydrogen-bond donors (Lipinski definition) is 1. The monoisotopic (exact) mass is 299 g/mol. The van der Waals surface area contributed by atoms with Crippen molar-refractivity contribution < 1.29 is 18.4 Å². The molecule has 0 bridgehead atoms. The first-order chi connectivity index (χ1) is 10.8. The summed E-state index contributed by atoms with van der Waals surface area (Å²) in [5.74, 6) is 0.865. The Bertz CT molecular complexity index is 765. The molecule has 1 aromatic carbocycles. The topological polar surface area (TPSA) is 90.4 Å². The molecule has 0 saturated carbocycles. The summed E-state index contributed by atoms with van der Waals surface area (Å²) in [7, 11) is 1.55. The van der Waals surface area contributed by atoms with Crippen LogP contribution in [0, 0.1) is 0 Å². The molecular formula is C15H13N3O4. The van der Waals surface area contributed by atoms with Crippen molar-refractivity contribution in [2.75, 3.05) is 7.11 Å². The van der Waals surface area contributed by atoms with Gasteiger partial charge in [0.2, 0.25) is 0 Å². The van der Waals surface area contributed by atoms with E-state index in [0.29, 0.717) is 17.1 Å². The number of benzene rings is 1. The van der Waals surface area contributed by atoms with E-state index in [4.69, 9.17) is 13.6 Å². The van der Waals surface area contributed by atoms with E-state index >= 15 is 0 Å². The highest BCUT2D eigenvalue weighted by atomic mass is 16.5. The average molecular weight is 299 g/mol. The number of nitrogens with zero attached hydrogens (tertiary/aromatic N) is 2. The van der Waals surface area contributed by atoms with E-state index in [-0.39, 0.29) is 18.3 Å². The van der Waals surface area contributed by atoms with Crippen molar-refractivity contribution in [3.05, 3.63) is 54.3 Å². The zero-order valence-corrected chi connectivity index (χ0v) is 11.8. The summed E-state index contributed by atoms with van der Waals surface area (Å²) in [5, 5.41) is 10.3. The summed E-state index contributed by atoms with van der Waals surface area (Å²) in [5.41, 5.74) is 0.627. The molecule has 1 amide bonds. The Labute approximate surface area is 125 Å². The molecule has 112 valence electrons. The van der Waals surface area contributed by atoms with Crippen LogP contribution in [0.4, 0.5) is 0 Å². The Morgan fingerprint density at radius 1 is 1.23 bits per heavy atom. The highest BCUT2D eigenvalue weighted by molar-refractivity contribution is 5.89. The van der Waals surface area contributed by atoms with E-state index < -0.39 is 5.91 Å². The predicted molar refractivity (Wildman–Crippen MR) is 76.2 cm³/mol. The molecule has 2 aromatic heterocycles. The molecule has 0 unspecified atom stereocenters. The summed E-state index contributed by atoms with van der Waals surface area (Å²) in [4.78, 5) is 12.0. The molecular weight excluding hydrogens is 286 g/mol. The third kappa shape index (κ3) is 2.83. The number of rotatable bonds is 5. The Kier molecular flexibility index (Phi) is 3.86. The summed E-state index contributed by atoms with van der Waals surface area (Å²) in [6.45, 7) is 0.248. The SMILES string of the molecule is COc1ccccc1-c1nnc(C(=O)NCc2ccco2)o1. The number of carbonyl (C=O) groups excluding carboxylic acids is 1. The molecule has 0 fully saturated rings. The van der Waals surface area contributed by atoms with Crippen molar-refractivity contribution in [2.24, 2.45) is 0 Å². The molecule has 7 nitrogen and oxygen atoms in total. The summed E-state index contributed by atoms with van der Waals surface area (Å²) >= 11 is 0. The minimum absolute atomic E-state index is 0.118. The van der Waals surface area contributed by atoms with E-state index in [0.717, 1.165) is 0 Å². The second kappa shape index (κ2) is 6.13. The number of ether oxygens (including phenoxy) is 1. The van der Waals surface area contributed by atoms with Gasteiger partial charge in [-0.3, -0.25) is 4.79 Å². The minimum atomic E-state index is -0.468. The molecule has 0 spiro atoms. The second-order valence-corrected chi connectivity index (χ2v) is 4.37. The van der Waals surface area contributed by atoms with Crippen LogP contribution in [0.1, 0.15) is 16.4 Å². The number of para-hydroxylation sites is 1.